The van der Waals surface area contributed by atoms with Crippen LogP contribution in [-0.4, -0.2) is 55.3 Å². The van der Waals surface area contributed by atoms with E-state index >= 15 is 0 Å². The van der Waals surface area contributed by atoms with Gasteiger partial charge < -0.3 is 22.0 Å². The SMILES string of the molecule is C=C1C=CC(=S)C=C1.CO.COC(=O)OCc1ccc(SSC)cc1.CSC.O=C=O.[CH3-]. The Balaban J connectivity index is -0.000000194. The van der Waals surface area contributed by atoms with Gasteiger partial charge in [-0.2, -0.15) is 21.4 Å². The van der Waals surface area contributed by atoms with E-state index in [2.05, 4.69) is 11.3 Å². The van der Waals surface area contributed by atoms with Crippen LogP contribution in [0.25, 0.3) is 0 Å². The summed E-state index contributed by atoms with van der Waals surface area (Å²) >= 11 is 6.59. The molecule has 0 unspecified atom stereocenters. The highest BCUT2D eigenvalue weighted by Crippen LogP contribution is 2.28. The van der Waals surface area contributed by atoms with Gasteiger partial charge in [-0.25, -0.2) is 4.79 Å². The van der Waals surface area contributed by atoms with Crippen LogP contribution in [-0.2, 0) is 25.7 Å². The van der Waals surface area contributed by atoms with Crippen molar-refractivity contribution >= 4 is 62.7 Å². The first-order chi connectivity index (χ1) is 14.9. The third kappa shape index (κ3) is 26.2. The lowest BCUT2D eigenvalue weighted by Crippen LogP contribution is -2.03. The normalized spacial score (nSPS) is 9.94. The van der Waals surface area contributed by atoms with E-state index in [1.807, 2.05) is 67.3 Å². The molecule has 2 rings (SSSR count). The van der Waals surface area contributed by atoms with Crippen molar-refractivity contribution in [3.05, 3.63) is 73.7 Å². The zero-order chi connectivity index (χ0) is 24.5. The molecule has 0 spiro atoms. The molecule has 1 aliphatic carbocycles. The summed E-state index contributed by atoms with van der Waals surface area (Å²) in [6, 6.07) is 7.86. The first kappa shape index (κ1) is 37.5. The van der Waals surface area contributed by atoms with Crippen molar-refractivity contribution in [2.24, 2.45) is 0 Å². The number of rotatable bonds is 4. The van der Waals surface area contributed by atoms with Crippen molar-refractivity contribution < 1.29 is 29.0 Å². The number of benzene rings is 1. The van der Waals surface area contributed by atoms with Crippen LogP contribution in [0.4, 0.5) is 4.79 Å². The smallest absolute Gasteiger partial charge is 0.438 e. The topological polar surface area (TPSA) is 89.9 Å². The quantitative estimate of drug-likeness (QED) is 0.227. The summed E-state index contributed by atoms with van der Waals surface area (Å²) in [4.78, 5) is 29.0. The molecule has 0 amide bonds. The van der Waals surface area contributed by atoms with E-state index in [9.17, 15) is 4.79 Å². The number of hydrogen-bond acceptors (Lipinski definition) is 10. The van der Waals surface area contributed by atoms with Crippen LogP contribution in [0.1, 0.15) is 5.56 Å². The maximum atomic E-state index is 10.7. The highest BCUT2D eigenvalue weighted by atomic mass is 33.1. The zero-order valence-electron chi connectivity index (χ0n) is 19.2. The molecular weight excluding hydrogens is 489 g/mol. The summed E-state index contributed by atoms with van der Waals surface area (Å²) in [6.45, 7) is 3.96. The molecule has 1 aromatic carbocycles. The summed E-state index contributed by atoms with van der Waals surface area (Å²) in [6.07, 6.45) is 13.3. The fraction of sp³-hybridized carbons (Fsp3) is 0.273. The summed E-state index contributed by atoms with van der Waals surface area (Å²) in [7, 11) is 5.68. The molecule has 1 aromatic rings. The van der Waals surface area contributed by atoms with Crippen molar-refractivity contribution in [2.75, 3.05) is 33.0 Å². The van der Waals surface area contributed by atoms with Gasteiger partial charge in [-0.05, 0) is 54.2 Å². The number of thioether (sulfide) groups is 1. The van der Waals surface area contributed by atoms with Gasteiger partial charge >= 0.3 is 12.3 Å². The monoisotopic (exact) mass is 519 g/mol. The molecule has 0 radical (unpaired) electrons. The number of thiocarbonyl (C=S) groups is 1. The van der Waals surface area contributed by atoms with Gasteiger partial charge in [0.25, 0.3) is 0 Å². The average Bonchev–Trinajstić information content (AvgIpc) is 2.78. The van der Waals surface area contributed by atoms with Gasteiger partial charge in [-0.1, -0.05) is 64.7 Å². The number of carbonyl (C=O) groups excluding carboxylic acids is 3. The molecule has 0 saturated heterocycles. The largest absolute Gasteiger partial charge is 0.508 e. The maximum absolute atomic E-state index is 10.7. The van der Waals surface area contributed by atoms with E-state index in [0.29, 0.717) is 0 Å². The number of methoxy groups -OCH3 is 1. The number of carbonyl (C=O) groups is 1. The number of aliphatic hydroxyl groups is 1. The van der Waals surface area contributed by atoms with Gasteiger partial charge in [0.15, 0.2) is 0 Å². The van der Waals surface area contributed by atoms with Crippen LogP contribution in [0.2, 0.25) is 0 Å². The van der Waals surface area contributed by atoms with Crippen LogP contribution in [0.5, 0.6) is 0 Å². The average molecular weight is 520 g/mol. The van der Waals surface area contributed by atoms with Gasteiger partial charge in [-0.15, -0.1) is 0 Å². The van der Waals surface area contributed by atoms with Gasteiger partial charge in [-0.3, -0.25) is 0 Å². The second-order valence-corrected chi connectivity index (χ2v) is 8.53. The lowest BCUT2D eigenvalue weighted by Gasteiger charge is -2.03. The Morgan fingerprint density at radius 3 is 1.84 bits per heavy atom. The van der Waals surface area contributed by atoms with Crippen molar-refractivity contribution in [1.82, 2.24) is 0 Å². The van der Waals surface area contributed by atoms with Gasteiger partial charge in [0.1, 0.15) is 6.61 Å². The second kappa shape index (κ2) is 29.2. The molecule has 0 atom stereocenters. The van der Waals surface area contributed by atoms with Gasteiger partial charge in [0.2, 0.25) is 0 Å². The van der Waals surface area contributed by atoms with E-state index in [0.717, 1.165) is 23.1 Å². The van der Waals surface area contributed by atoms with Crippen LogP contribution in [0, 0.1) is 7.43 Å². The van der Waals surface area contributed by atoms with Crippen LogP contribution >= 0.6 is 45.6 Å². The summed E-state index contributed by atoms with van der Waals surface area (Å²) < 4.78 is 9.17. The van der Waals surface area contributed by atoms with Crippen LogP contribution in [0.15, 0.2) is 65.6 Å². The Hall–Kier alpha value is -1.81. The van der Waals surface area contributed by atoms with E-state index < -0.39 is 6.16 Å². The van der Waals surface area contributed by atoms with Crippen molar-refractivity contribution in [1.29, 1.82) is 0 Å². The highest BCUT2D eigenvalue weighted by Gasteiger charge is 2.01. The number of ether oxygens (including phenoxy) is 2. The molecule has 32 heavy (non-hydrogen) atoms. The van der Waals surface area contributed by atoms with Gasteiger partial charge in [0.05, 0.1) is 7.11 Å². The van der Waals surface area contributed by atoms with Gasteiger partial charge in [0, 0.05) is 16.9 Å². The molecule has 1 N–H and O–H groups in total. The fourth-order valence-corrected chi connectivity index (χ4v) is 2.91. The van der Waals surface area contributed by atoms with Crippen molar-refractivity contribution in [3.8, 4) is 0 Å². The Morgan fingerprint density at radius 1 is 1.06 bits per heavy atom. The van der Waals surface area contributed by atoms with Crippen LogP contribution < -0.4 is 0 Å². The van der Waals surface area contributed by atoms with Crippen molar-refractivity contribution in [2.45, 2.75) is 11.5 Å². The minimum atomic E-state index is -0.655. The minimum Gasteiger partial charge on any atom is -0.438 e. The standard InChI is InChI=1S/C10H12O3S2.C7H6S.C2H6S.CO2.CH4O.CH3/c1-12-10(11)13-7-8-3-5-9(6-4-8)15-14-2;1-6-2-4-7(8)5-3-6;1-3-2;2-1-3;1-2;/h3-6H,7H2,1-2H3;2-5H,1H2;1-2H3;;2H,1H3;1H3/q;;;;;-1. The number of aliphatic hydroxyl groups excluding tert-OH is 1. The molecule has 0 aliphatic heterocycles. The molecule has 10 heteroatoms. The zero-order valence-corrected chi connectivity index (χ0v) is 22.4. The summed E-state index contributed by atoms with van der Waals surface area (Å²) in [5, 5.41) is 7.00. The van der Waals surface area contributed by atoms with E-state index in [4.69, 9.17) is 31.7 Å². The molecule has 0 saturated carbocycles. The third-order valence-corrected chi connectivity index (χ3v) is 4.53. The Morgan fingerprint density at radius 2 is 1.50 bits per heavy atom. The first-order valence-electron chi connectivity index (χ1n) is 8.31. The van der Waals surface area contributed by atoms with Crippen molar-refractivity contribution in [3.63, 3.8) is 0 Å². The first-order valence-corrected chi connectivity index (χ1v) is 12.9. The van der Waals surface area contributed by atoms with Crippen LogP contribution in [0.3, 0.4) is 0 Å². The molecule has 6 nitrogen and oxygen atoms in total. The predicted octanol–water partition coefficient (Wildman–Crippen LogP) is 5.83. The molecule has 0 bridgehead atoms. The number of hydrogen-bond donors (Lipinski definition) is 1. The molecular formula is C22H31O6S4-. The predicted molar refractivity (Wildman–Crippen MR) is 142 cm³/mol. The third-order valence-electron chi connectivity index (χ3n) is 2.55. The number of allylic oxidation sites excluding steroid dienone is 5. The summed E-state index contributed by atoms with van der Waals surface area (Å²) in [5.41, 5.74) is 1.96. The lowest BCUT2D eigenvalue weighted by molar-refractivity contribution is -0.191. The highest BCUT2D eigenvalue weighted by molar-refractivity contribution is 8.76. The Bertz CT molecular complexity index is 672. The maximum Gasteiger partial charge on any atom is 0.508 e. The fourth-order valence-electron chi connectivity index (χ4n) is 1.43. The van der Waals surface area contributed by atoms with E-state index in [-0.39, 0.29) is 20.2 Å². The summed E-state index contributed by atoms with van der Waals surface area (Å²) in [5.74, 6) is 0. The molecule has 0 aromatic heterocycles. The molecule has 0 heterocycles. The molecule has 180 valence electrons. The van der Waals surface area contributed by atoms with E-state index in [1.165, 1.54) is 12.0 Å². The molecule has 1 aliphatic rings. The second-order valence-electron chi connectivity index (χ2n) is 4.77. The Labute approximate surface area is 209 Å². The molecule has 0 fully saturated rings. The van der Waals surface area contributed by atoms with E-state index in [1.54, 1.807) is 33.3 Å². The Kier molecular flexibility index (Phi) is 34.2. The minimum absolute atomic E-state index is 0. The lowest BCUT2D eigenvalue weighted by atomic mass is 10.1.